The SMILES string of the molecule is CCC(=O)Oc1nc2ccccc2c(=O)[nH]1. The van der Waals surface area contributed by atoms with Gasteiger partial charge in [-0.3, -0.25) is 14.6 Å². The molecule has 0 amide bonds. The van der Waals surface area contributed by atoms with Crippen molar-refractivity contribution in [3.05, 3.63) is 34.6 Å². The zero-order valence-electron chi connectivity index (χ0n) is 8.69. The van der Waals surface area contributed by atoms with Crippen LogP contribution < -0.4 is 10.3 Å². The van der Waals surface area contributed by atoms with E-state index in [4.69, 9.17) is 4.74 Å². The van der Waals surface area contributed by atoms with Crippen molar-refractivity contribution in [3.8, 4) is 6.01 Å². The molecule has 0 atom stereocenters. The number of fused-ring (bicyclic) bond motifs is 1. The molecule has 16 heavy (non-hydrogen) atoms. The predicted molar refractivity (Wildman–Crippen MR) is 58.3 cm³/mol. The van der Waals surface area contributed by atoms with Crippen LogP contribution in [0.1, 0.15) is 13.3 Å². The number of carbonyl (C=O) groups is 1. The smallest absolute Gasteiger partial charge is 0.313 e. The van der Waals surface area contributed by atoms with Gasteiger partial charge in [-0.05, 0) is 12.1 Å². The number of hydrogen-bond acceptors (Lipinski definition) is 4. The van der Waals surface area contributed by atoms with E-state index in [0.29, 0.717) is 10.9 Å². The molecular weight excluding hydrogens is 208 g/mol. The molecule has 1 N–H and O–H groups in total. The highest BCUT2D eigenvalue weighted by molar-refractivity contribution is 5.78. The van der Waals surface area contributed by atoms with Crippen LogP contribution in [0.4, 0.5) is 0 Å². The van der Waals surface area contributed by atoms with E-state index in [0.717, 1.165) is 0 Å². The van der Waals surface area contributed by atoms with Crippen molar-refractivity contribution in [1.29, 1.82) is 0 Å². The summed E-state index contributed by atoms with van der Waals surface area (Å²) in [6.07, 6.45) is 0.233. The average Bonchev–Trinajstić information content (AvgIpc) is 2.29. The molecule has 0 spiro atoms. The number of benzene rings is 1. The normalized spacial score (nSPS) is 10.3. The fourth-order valence-corrected chi connectivity index (χ4v) is 1.29. The highest BCUT2D eigenvalue weighted by atomic mass is 16.5. The summed E-state index contributed by atoms with van der Waals surface area (Å²) in [6, 6.07) is 6.80. The molecule has 1 heterocycles. The van der Waals surface area contributed by atoms with E-state index >= 15 is 0 Å². The van der Waals surface area contributed by atoms with Crippen LogP contribution in [0, 0.1) is 0 Å². The fourth-order valence-electron chi connectivity index (χ4n) is 1.29. The Morgan fingerprint density at radius 1 is 1.44 bits per heavy atom. The zero-order chi connectivity index (χ0) is 11.5. The fraction of sp³-hybridized carbons (Fsp3) is 0.182. The molecule has 82 valence electrons. The summed E-state index contributed by atoms with van der Waals surface area (Å²) >= 11 is 0. The van der Waals surface area contributed by atoms with Gasteiger partial charge in [-0.1, -0.05) is 19.1 Å². The van der Waals surface area contributed by atoms with Crippen LogP contribution in [-0.2, 0) is 4.79 Å². The third-order valence-electron chi connectivity index (χ3n) is 2.09. The lowest BCUT2D eigenvalue weighted by Gasteiger charge is -2.02. The first-order chi connectivity index (χ1) is 7.70. The maximum atomic E-state index is 11.6. The maximum Gasteiger partial charge on any atom is 0.313 e. The van der Waals surface area contributed by atoms with Crippen molar-refractivity contribution >= 4 is 16.9 Å². The molecule has 2 aromatic rings. The number of H-pyrrole nitrogens is 1. The number of aromatic nitrogens is 2. The Balaban J connectivity index is 2.50. The number of hydrogen-bond donors (Lipinski definition) is 1. The topological polar surface area (TPSA) is 72.0 Å². The number of carbonyl (C=O) groups excluding carboxylic acids is 1. The lowest BCUT2D eigenvalue weighted by molar-refractivity contribution is -0.134. The van der Waals surface area contributed by atoms with Crippen LogP contribution in [0.3, 0.4) is 0 Å². The van der Waals surface area contributed by atoms with Crippen LogP contribution in [-0.4, -0.2) is 15.9 Å². The first-order valence-electron chi connectivity index (χ1n) is 4.90. The van der Waals surface area contributed by atoms with Gasteiger partial charge in [0.1, 0.15) is 0 Å². The molecule has 0 aliphatic rings. The van der Waals surface area contributed by atoms with Gasteiger partial charge in [-0.15, -0.1) is 0 Å². The number of nitrogens with zero attached hydrogens (tertiary/aromatic N) is 1. The van der Waals surface area contributed by atoms with E-state index in [-0.39, 0.29) is 18.0 Å². The van der Waals surface area contributed by atoms with Crippen molar-refractivity contribution in [1.82, 2.24) is 9.97 Å². The minimum absolute atomic E-state index is 0.0597. The van der Waals surface area contributed by atoms with Crippen LogP contribution in [0.2, 0.25) is 0 Å². The van der Waals surface area contributed by atoms with Gasteiger partial charge < -0.3 is 4.74 Å². The third kappa shape index (κ3) is 1.93. The maximum absolute atomic E-state index is 11.6. The van der Waals surface area contributed by atoms with Crippen LogP contribution in [0.5, 0.6) is 6.01 Å². The average molecular weight is 218 g/mol. The molecule has 1 aromatic heterocycles. The van der Waals surface area contributed by atoms with Gasteiger partial charge in [0.15, 0.2) is 0 Å². The Morgan fingerprint density at radius 2 is 2.19 bits per heavy atom. The highest BCUT2D eigenvalue weighted by Crippen LogP contribution is 2.09. The predicted octanol–water partition coefficient (Wildman–Crippen LogP) is 1.24. The zero-order valence-corrected chi connectivity index (χ0v) is 8.69. The molecule has 0 radical (unpaired) electrons. The summed E-state index contributed by atoms with van der Waals surface area (Å²) < 4.78 is 4.85. The number of rotatable bonds is 2. The second kappa shape index (κ2) is 4.14. The van der Waals surface area contributed by atoms with E-state index < -0.39 is 5.97 Å². The molecule has 5 heteroatoms. The molecule has 0 bridgehead atoms. The standard InChI is InChI=1S/C11H10N2O3/c1-2-9(14)16-11-12-8-6-4-3-5-7(8)10(15)13-11/h3-6H,2H2,1H3,(H,12,13,15). The van der Waals surface area contributed by atoms with Crippen molar-refractivity contribution in [2.75, 3.05) is 0 Å². The largest absolute Gasteiger partial charge is 0.392 e. The van der Waals surface area contributed by atoms with E-state index in [1.165, 1.54) is 0 Å². The monoisotopic (exact) mass is 218 g/mol. The Labute approximate surface area is 91.1 Å². The molecule has 0 fully saturated rings. The quantitative estimate of drug-likeness (QED) is 0.769. The number of nitrogens with one attached hydrogen (secondary N) is 1. The summed E-state index contributed by atoms with van der Waals surface area (Å²) in [4.78, 5) is 29.1. The minimum atomic E-state index is -0.432. The van der Waals surface area contributed by atoms with Crippen molar-refractivity contribution in [3.63, 3.8) is 0 Å². The van der Waals surface area contributed by atoms with E-state index in [2.05, 4.69) is 9.97 Å². The van der Waals surface area contributed by atoms with E-state index in [1.54, 1.807) is 31.2 Å². The summed E-state index contributed by atoms with van der Waals surface area (Å²) in [7, 11) is 0. The van der Waals surface area contributed by atoms with Crippen molar-refractivity contribution in [2.45, 2.75) is 13.3 Å². The number of aromatic amines is 1. The second-order valence-electron chi connectivity index (χ2n) is 3.22. The molecule has 0 saturated carbocycles. The van der Waals surface area contributed by atoms with Crippen LogP contribution >= 0.6 is 0 Å². The molecule has 0 saturated heterocycles. The van der Waals surface area contributed by atoms with Gasteiger partial charge in [0.25, 0.3) is 5.56 Å². The molecule has 5 nitrogen and oxygen atoms in total. The first kappa shape index (κ1) is 10.4. The number of esters is 1. The van der Waals surface area contributed by atoms with Crippen LogP contribution in [0.15, 0.2) is 29.1 Å². The van der Waals surface area contributed by atoms with Gasteiger partial charge in [-0.2, -0.15) is 4.98 Å². The third-order valence-corrected chi connectivity index (χ3v) is 2.09. The summed E-state index contributed by atoms with van der Waals surface area (Å²) in [5, 5.41) is 0.471. The van der Waals surface area contributed by atoms with E-state index in [1.807, 2.05) is 0 Å². The van der Waals surface area contributed by atoms with Gasteiger partial charge in [-0.25, -0.2) is 0 Å². The second-order valence-corrected chi connectivity index (χ2v) is 3.22. The van der Waals surface area contributed by atoms with Crippen LogP contribution in [0.25, 0.3) is 10.9 Å². The molecule has 0 aliphatic heterocycles. The Bertz CT molecular complexity index is 589. The van der Waals surface area contributed by atoms with Crippen molar-refractivity contribution in [2.24, 2.45) is 0 Å². The Hall–Kier alpha value is -2.17. The molecule has 0 unspecified atom stereocenters. The summed E-state index contributed by atoms with van der Waals surface area (Å²) in [5.74, 6) is -0.432. The van der Waals surface area contributed by atoms with E-state index in [9.17, 15) is 9.59 Å². The first-order valence-corrected chi connectivity index (χ1v) is 4.90. The van der Waals surface area contributed by atoms with Gasteiger partial charge in [0, 0.05) is 6.42 Å². The van der Waals surface area contributed by atoms with Gasteiger partial charge in [0.2, 0.25) is 0 Å². The Kier molecular flexibility index (Phi) is 2.68. The number of ether oxygens (including phenoxy) is 1. The summed E-state index contributed by atoms with van der Waals surface area (Å²) in [5.41, 5.74) is 0.189. The van der Waals surface area contributed by atoms with Gasteiger partial charge >= 0.3 is 12.0 Å². The molecule has 2 rings (SSSR count). The molecular formula is C11H10N2O3. The molecule has 0 aliphatic carbocycles. The Morgan fingerprint density at radius 3 is 2.94 bits per heavy atom. The van der Waals surface area contributed by atoms with Crippen molar-refractivity contribution < 1.29 is 9.53 Å². The highest BCUT2D eigenvalue weighted by Gasteiger charge is 2.06. The van der Waals surface area contributed by atoms with Gasteiger partial charge in [0.05, 0.1) is 10.9 Å². The minimum Gasteiger partial charge on any atom is -0.392 e. The lowest BCUT2D eigenvalue weighted by atomic mass is 10.2. The molecule has 1 aromatic carbocycles. The lowest BCUT2D eigenvalue weighted by Crippen LogP contribution is -2.14. The number of para-hydroxylation sites is 1. The summed E-state index contributed by atoms with van der Waals surface area (Å²) in [6.45, 7) is 1.67.